The molecule has 10 heteroatoms. The zero-order valence-corrected chi connectivity index (χ0v) is 24.1. The molecule has 2 amide bonds. The number of fused-ring (bicyclic) bond motifs is 1. The maximum Gasteiger partial charge on any atom is 0.410 e. The predicted octanol–water partition coefficient (Wildman–Crippen LogP) is 5.53. The van der Waals surface area contributed by atoms with Gasteiger partial charge in [0.25, 0.3) is 5.91 Å². The highest BCUT2D eigenvalue weighted by molar-refractivity contribution is 7.09. The quantitative estimate of drug-likeness (QED) is 0.279. The Hall–Kier alpha value is -3.92. The minimum absolute atomic E-state index is 0.204. The van der Waals surface area contributed by atoms with Crippen molar-refractivity contribution in [2.24, 2.45) is 0 Å². The Morgan fingerprint density at radius 2 is 1.82 bits per heavy atom. The molecule has 1 aliphatic rings. The molecule has 2 N–H and O–H groups in total. The number of carbonyl (C=O) groups excluding carboxylic acids is 2. The molecule has 0 unspecified atom stereocenters. The summed E-state index contributed by atoms with van der Waals surface area (Å²) in [5, 5.41) is 5.58. The molecule has 1 saturated heterocycles. The lowest BCUT2D eigenvalue weighted by Crippen LogP contribution is -2.38. The summed E-state index contributed by atoms with van der Waals surface area (Å²) < 4.78 is 5.66. The molecule has 4 aromatic rings. The van der Waals surface area contributed by atoms with E-state index in [2.05, 4.69) is 37.3 Å². The number of para-hydroxylation sites is 3. The number of ether oxygens (including phenoxy) is 1. The van der Waals surface area contributed by atoms with Crippen LogP contribution in [0.2, 0.25) is 0 Å². The summed E-state index contributed by atoms with van der Waals surface area (Å²) in [5.41, 5.74) is 3.82. The Kier molecular flexibility index (Phi) is 8.35. The predicted molar refractivity (Wildman–Crippen MR) is 158 cm³/mol. The second-order valence-corrected chi connectivity index (χ2v) is 11.9. The molecule has 2 aromatic heterocycles. The average molecular weight is 561 g/mol. The monoisotopic (exact) mass is 560 g/mol. The van der Waals surface area contributed by atoms with Gasteiger partial charge in [-0.2, -0.15) is 0 Å². The molecule has 0 spiro atoms. The van der Waals surface area contributed by atoms with Crippen LogP contribution in [0.1, 0.15) is 60.5 Å². The molecule has 210 valence electrons. The standard InChI is InChI=1S/C30H36N6O3S/c1-30(2,3)39-29(38)36(19-26-32-22-11-5-6-12-23(22)33-26)17-14-27-34-24(20-40-27)28(37)31-18-21-10-4-7-13-25(21)35-15-8-9-16-35/h4-7,10-13,20H,8-9,14-19H2,1-3H3,(H,31,37)(H,32,33). The van der Waals surface area contributed by atoms with Crippen LogP contribution >= 0.6 is 11.3 Å². The molecule has 40 heavy (non-hydrogen) atoms. The van der Waals surface area contributed by atoms with Crippen LogP contribution in [0.4, 0.5) is 10.5 Å². The van der Waals surface area contributed by atoms with Gasteiger partial charge in [-0.1, -0.05) is 30.3 Å². The van der Waals surface area contributed by atoms with Crippen molar-refractivity contribution in [3.8, 4) is 0 Å². The van der Waals surface area contributed by atoms with E-state index in [1.165, 1.54) is 29.9 Å². The van der Waals surface area contributed by atoms with Gasteiger partial charge < -0.3 is 24.8 Å². The van der Waals surface area contributed by atoms with Crippen molar-refractivity contribution in [2.45, 2.75) is 58.7 Å². The lowest BCUT2D eigenvalue weighted by atomic mass is 10.1. The van der Waals surface area contributed by atoms with Crippen LogP contribution in [-0.2, 0) is 24.2 Å². The van der Waals surface area contributed by atoms with Crippen LogP contribution in [0.5, 0.6) is 0 Å². The fourth-order valence-corrected chi connectivity index (χ4v) is 5.54. The maximum atomic E-state index is 13.0. The summed E-state index contributed by atoms with van der Waals surface area (Å²) in [4.78, 5) is 42.4. The summed E-state index contributed by atoms with van der Waals surface area (Å²) in [6.07, 6.45) is 2.48. The van der Waals surface area contributed by atoms with Crippen molar-refractivity contribution in [1.82, 2.24) is 25.2 Å². The van der Waals surface area contributed by atoms with Crippen molar-refractivity contribution < 1.29 is 14.3 Å². The van der Waals surface area contributed by atoms with Gasteiger partial charge in [-0.15, -0.1) is 11.3 Å². The maximum absolute atomic E-state index is 13.0. The molecular weight excluding hydrogens is 524 g/mol. The van der Waals surface area contributed by atoms with Gasteiger partial charge in [0.2, 0.25) is 0 Å². The third kappa shape index (κ3) is 6.98. The number of benzene rings is 2. The van der Waals surface area contributed by atoms with Gasteiger partial charge in [0, 0.05) is 43.7 Å². The first-order valence-corrected chi connectivity index (χ1v) is 14.6. The van der Waals surface area contributed by atoms with Crippen molar-refractivity contribution in [3.05, 3.63) is 76.0 Å². The minimum atomic E-state index is -0.622. The zero-order valence-electron chi connectivity index (χ0n) is 23.3. The molecule has 3 heterocycles. The number of carbonyl (C=O) groups is 2. The molecule has 0 bridgehead atoms. The smallest absolute Gasteiger partial charge is 0.410 e. The molecule has 1 fully saturated rings. The number of hydrogen-bond donors (Lipinski definition) is 2. The summed E-state index contributed by atoms with van der Waals surface area (Å²) >= 11 is 1.42. The van der Waals surface area contributed by atoms with Crippen LogP contribution in [0.15, 0.2) is 53.9 Å². The number of nitrogens with zero attached hydrogens (tertiary/aromatic N) is 4. The first-order valence-electron chi connectivity index (χ1n) is 13.7. The first kappa shape index (κ1) is 27.6. The SMILES string of the molecule is CC(C)(C)OC(=O)N(CCc1nc(C(=O)NCc2ccccc2N2CCCC2)cs1)Cc1nc2ccccc2[nH]1. The van der Waals surface area contributed by atoms with Crippen molar-refractivity contribution >= 4 is 40.1 Å². The lowest BCUT2D eigenvalue weighted by molar-refractivity contribution is 0.0231. The Labute approximate surface area is 238 Å². The average Bonchev–Trinajstić information content (AvgIpc) is 3.69. The highest BCUT2D eigenvalue weighted by Crippen LogP contribution is 2.24. The van der Waals surface area contributed by atoms with E-state index in [0.29, 0.717) is 31.0 Å². The van der Waals surface area contributed by atoms with Gasteiger partial charge in [0.05, 0.1) is 22.6 Å². The number of amides is 2. The Morgan fingerprint density at radius 3 is 2.60 bits per heavy atom. The number of hydrogen-bond acceptors (Lipinski definition) is 7. The van der Waals surface area contributed by atoms with E-state index in [9.17, 15) is 9.59 Å². The largest absolute Gasteiger partial charge is 0.444 e. The minimum Gasteiger partial charge on any atom is -0.444 e. The Morgan fingerprint density at radius 1 is 1.07 bits per heavy atom. The highest BCUT2D eigenvalue weighted by atomic mass is 32.1. The number of rotatable bonds is 9. The third-order valence-corrected chi connectivity index (χ3v) is 7.60. The molecular formula is C30H36N6O3S. The van der Waals surface area contributed by atoms with Crippen LogP contribution < -0.4 is 10.2 Å². The number of imidazole rings is 1. The molecule has 0 saturated carbocycles. The summed E-state index contributed by atoms with van der Waals surface area (Å²) in [5.74, 6) is 0.477. The van der Waals surface area contributed by atoms with Crippen LogP contribution in [0, 0.1) is 0 Å². The van der Waals surface area contributed by atoms with Gasteiger partial charge in [-0.05, 0) is 57.4 Å². The Bertz CT molecular complexity index is 1430. The van der Waals surface area contributed by atoms with Crippen molar-refractivity contribution in [1.29, 1.82) is 0 Å². The number of thiazole rings is 1. The van der Waals surface area contributed by atoms with Gasteiger partial charge in [0.15, 0.2) is 0 Å². The lowest BCUT2D eigenvalue weighted by Gasteiger charge is -2.26. The number of H-pyrrole nitrogens is 1. The topological polar surface area (TPSA) is 103 Å². The van der Waals surface area contributed by atoms with Gasteiger partial charge >= 0.3 is 6.09 Å². The van der Waals surface area contributed by atoms with Gasteiger partial charge in [0.1, 0.15) is 17.1 Å². The molecule has 2 aromatic carbocycles. The summed E-state index contributed by atoms with van der Waals surface area (Å²) in [6, 6.07) is 16.0. The van der Waals surface area contributed by atoms with E-state index in [-0.39, 0.29) is 12.5 Å². The van der Waals surface area contributed by atoms with E-state index >= 15 is 0 Å². The number of anilines is 1. The third-order valence-electron chi connectivity index (χ3n) is 6.69. The van der Waals surface area contributed by atoms with Crippen LogP contribution in [0.3, 0.4) is 0 Å². The van der Waals surface area contributed by atoms with Gasteiger partial charge in [-0.25, -0.2) is 14.8 Å². The van der Waals surface area contributed by atoms with E-state index in [4.69, 9.17) is 4.74 Å². The summed E-state index contributed by atoms with van der Waals surface area (Å²) in [7, 11) is 0. The molecule has 0 radical (unpaired) electrons. The number of nitrogens with one attached hydrogen (secondary N) is 2. The highest BCUT2D eigenvalue weighted by Gasteiger charge is 2.24. The van der Waals surface area contributed by atoms with Crippen LogP contribution in [0.25, 0.3) is 11.0 Å². The van der Waals surface area contributed by atoms with E-state index in [0.717, 1.165) is 34.7 Å². The summed E-state index contributed by atoms with van der Waals surface area (Å²) in [6.45, 7) is 8.75. The first-order chi connectivity index (χ1) is 19.2. The normalized spacial score (nSPS) is 13.5. The second kappa shape index (κ2) is 12.1. The second-order valence-electron chi connectivity index (χ2n) is 11.0. The number of aromatic nitrogens is 3. The zero-order chi connectivity index (χ0) is 28.1. The van der Waals surface area contributed by atoms with Gasteiger partial charge in [-0.3, -0.25) is 4.79 Å². The molecule has 0 atom stereocenters. The van der Waals surface area contributed by atoms with Crippen LogP contribution in [-0.4, -0.2) is 57.1 Å². The molecule has 1 aliphatic heterocycles. The van der Waals surface area contributed by atoms with E-state index < -0.39 is 11.7 Å². The molecule has 9 nitrogen and oxygen atoms in total. The van der Waals surface area contributed by atoms with E-state index in [1.54, 1.807) is 10.3 Å². The Balaban J connectivity index is 1.21. The molecule has 0 aliphatic carbocycles. The van der Waals surface area contributed by atoms with Crippen molar-refractivity contribution in [3.63, 3.8) is 0 Å². The fraction of sp³-hybridized carbons (Fsp3) is 0.400. The number of aromatic amines is 1. The molecule has 5 rings (SSSR count). The fourth-order valence-electron chi connectivity index (χ4n) is 4.78. The van der Waals surface area contributed by atoms with Crippen molar-refractivity contribution in [2.75, 3.05) is 24.5 Å². The van der Waals surface area contributed by atoms with E-state index in [1.807, 2.05) is 57.2 Å².